The molecule has 0 radical (unpaired) electrons. The molecule has 0 atom stereocenters. The molecule has 20 heavy (non-hydrogen) atoms. The molecule has 0 bridgehead atoms. The van der Waals surface area contributed by atoms with Crippen LogP contribution in [0.2, 0.25) is 0 Å². The van der Waals surface area contributed by atoms with Crippen LogP contribution in [0.25, 0.3) is 0 Å². The van der Waals surface area contributed by atoms with E-state index in [1.54, 1.807) is 13.1 Å². The monoisotopic (exact) mass is 271 g/mol. The lowest BCUT2D eigenvalue weighted by atomic mass is 10.0. The van der Waals surface area contributed by atoms with Gasteiger partial charge >= 0.3 is 0 Å². The molecule has 2 aromatic rings. The third kappa shape index (κ3) is 3.09. The third-order valence-electron chi connectivity index (χ3n) is 2.96. The maximum absolute atomic E-state index is 11.4. The van der Waals surface area contributed by atoms with Gasteiger partial charge in [0.25, 0.3) is 5.56 Å². The number of anilines is 1. The summed E-state index contributed by atoms with van der Waals surface area (Å²) in [6.07, 6.45) is 1.71. The van der Waals surface area contributed by atoms with Gasteiger partial charge in [0, 0.05) is 5.56 Å². The van der Waals surface area contributed by atoms with Crippen molar-refractivity contribution in [2.45, 2.75) is 27.7 Å². The zero-order valence-electron chi connectivity index (χ0n) is 12.0. The average molecular weight is 271 g/mol. The number of aromatic amines is 1. The van der Waals surface area contributed by atoms with Crippen molar-refractivity contribution < 1.29 is 0 Å². The molecular formula is C14H17N5O. The van der Waals surface area contributed by atoms with Crippen molar-refractivity contribution in [3.8, 4) is 0 Å². The molecule has 2 rings (SSSR count). The molecule has 1 aromatic carbocycles. The molecule has 0 saturated heterocycles. The van der Waals surface area contributed by atoms with Gasteiger partial charge in [0.2, 0.25) is 5.95 Å². The number of hydrazone groups is 1. The molecular weight excluding hydrogens is 254 g/mol. The Morgan fingerprint density at radius 1 is 1.15 bits per heavy atom. The maximum Gasteiger partial charge on any atom is 0.274 e. The van der Waals surface area contributed by atoms with Crippen LogP contribution in [0.5, 0.6) is 0 Å². The number of hydrogen-bond acceptors (Lipinski definition) is 5. The minimum Gasteiger partial charge on any atom is -0.288 e. The molecule has 0 fully saturated rings. The first-order valence-electron chi connectivity index (χ1n) is 6.28. The first-order chi connectivity index (χ1) is 9.47. The summed E-state index contributed by atoms with van der Waals surface area (Å²) in [6.45, 7) is 7.73. The van der Waals surface area contributed by atoms with Gasteiger partial charge in [-0.15, -0.1) is 10.2 Å². The molecule has 0 aliphatic heterocycles. The Bertz CT molecular complexity index is 695. The Morgan fingerprint density at radius 3 is 2.40 bits per heavy atom. The van der Waals surface area contributed by atoms with Crippen LogP contribution in [0.1, 0.15) is 27.9 Å². The Hall–Kier alpha value is -2.50. The second-order valence-electron chi connectivity index (χ2n) is 4.77. The van der Waals surface area contributed by atoms with Gasteiger partial charge in [0.15, 0.2) is 0 Å². The van der Waals surface area contributed by atoms with Gasteiger partial charge in [-0.25, -0.2) is 5.43 Å². The fourth-order valence-corrected chi connectivity index (χ4v) is 2.00. The summed E-state index contributed by atoms with van der Waals surface area (Å²) in [6, 6.07) is 4.20. The number of benzene rings is 1. The summed E-state index contributed by atoms with van der Waals surface area (Å²) in [5, 5.41) is 11.6. The number of aromatic nitrogens is 3. The van der Waals surface area contributed by atoms with Crippen LogP contribution in [0.15, 0.2) is 22.0 Å². The van der Waals surface area contributed by atoms with Gasteiger partial charge in [-0.3, -0.25) is 9.78 Å². The van der Waals surface area contributed by atoms with Crippen molar-refractivity contribution in [2.24, 2.45) is 5.10 Å². The number of nitrogens with one attached hydrogen (secondary N) is 2. The van der Waals surface area contributed by atoms with E-state index in [0.29, 0.717) is 5.69 Å². The SMILES string of the molecule is Cc1cc(C)c(/C=N\Nc2nnc(C)c(=O)[nH]2)c(C)c1. The fraction of sp³-hybridized carbons (Fsp3) is 0.286. The van der Waals surface area contributed by atoms with Crippen LogP contribution in [-0.2, 0) is 0 Å². The van der Waals surface area contributed by atoms with E-state index in [9.17, 15) is 4.79 Å². The van der Waals surface area contributed by atoms with Gasteiger partial charge in [-0.05, 0) is 38.8 Å². The highest BCUT2D eigenvalue weighted by Crippen LogP contribution is 2.14. The minimum atomic E-state index is -0.277. The van der Waals surface area contributed by atoms with Crippen LogP contribution in [0.4, 0.5) is 5.95 Å². The summed E-state index contributed by atoms with van der Waals surface area (Å²) >= 11 is 0. The van der Waals surface area contributed by atoms with Gasteiger partial charge in [-0.2, -0.15) is 5.10 Å². The highest BCUT2D eigenvalue weighted by molar-refractivity contribution is 5.84. The normalized spacial score (nSPS) is 11.0. The molecule has 1 heterocycles. The number of hydrogen-bond donors (Lipinski definition) is 2. The molecule has 6 nitrogen and oxygen atoms in total. The standard InChI is InChI=1S/C14H17N5O/c1-8-5-9(2)12(10(3)6-8)7-15-18-14-16-13(20)11(4)17-19-14/h5-7H,1-4H3,(H2,16,18,19,20)/b15-7-. The molecule has 104 valence electrons. The molecule has 0 amide bonds. The van der Waals surface area contributed by atoms with Crippen LogP contribution in [0.3, 0.4) is 0 Å². The first kappa shape index (κ1) is 13.9. The quantitative estimate of drug-likeness (QED) is 0.659. The molecule has 0 saturated carbocycles. The summed E-state index contributed by atoms with van der Waals surface area (Å²) in [5.41, 5.74) is 7.28. The Labute approximate surface area is 117 Å². The highest BCUT2D eigenvalue weighted by atomic mass is 16.1. The van der Waals surface area contributed by atoms with Gasteiger partial charge in [0.1, 0.15) is 5.69 Å². The van der Waals surface area contributed by atoms with Gasteiger partial charge in [-0.1, -0.05) is 17.7 Å². The van der Waals surface area contributed by atoms with Crippen molar-refractivity contribution in [3.63, 3.8) is 0 Å². The van der Waals surface area contributed by atoms with Gasteiger partial charge < -0.3 is 0 Å². The molecule has 0 aliphatic rings. The Kier molecular flexibility index (Phi) is 3.93. The van der Waals surface area contributed by atoms with E-state index in [0.717, 1.165) is 16.7 Å². The zero-order chi connectivity index (χ0) is 14.7. The van der Waals surface area contributed by atoms with E-state index < -0.39 is 0 Å². The third-order valence-corrected chi connectivity index (χ3v) is 2.96. The Morgan fingerprint density at radius 2 is 1.80 bits per heavy atom. The summed E-state index contributed by atoms with van der Waals surface area (Å²) in [5.74, 6) is 0.222. The number of nitrogens with zero attached hydrogens (tertiary/aromatic N) is 3. The van der Waals surface area contributed by atoms with Crippen LogP contribution in [-0.4, -0.2) is 21.4 Å². The van der Waals surface area contributed by atoms with Crippen molar-refractivity contribution in [1.29, 1.82) is 0 Å². The molecule has 2 N–H and O–H groups in total. The molecule has 0 unspecified atom stereocenters. The smallest absolute Gasteiger partial charge is 0.274 e. The lowest BCUT2D eigenvalue weighted by Crippen LogP contribution is -2.15. The van der Waals surface area contributed by atoms with Gasteiger partial charge in [0.05, 0.1) is 6.21 Å². The fourth-order valence-electron chi connectivity index (χ4n) is 2.00. The zero-order valence-corrected chi connectivity index (χ0v) is 12.0. The maximum atomic E-state index is 11.4. The predicted octanol–water partition coefficient (Wildman–Crippen LogP) is 1.84. The van der Waals surface area contributed by atoms with E-state index in [1.807, 2.05) is 13.8 Å². The minimum absolute atomic E-state index is 0.222. The second kappa shape index (κ2) is 5.64. The van der Waals surface area contributed by atoms with E-state index in [2.05, 4.69) is 44.8 Å². The largest absolute Gasteiger partial charge is 0.288 e. The highest BCUT2D eigenvalue weighted by Gasteiger charge is 2.01. The van der Waals surface area contributed by atoms with E-state index in [1.165, 1.54) is 5.56 Å². The van der Waals surface area contributed by atoms with Crippen LogP contribution in [0, 0.1) is 27.7 Å². The lowest BCUT2D eigenvalue weighted by molar-refractivity contribution is 0.897. The number of H-pyrrole nitrogens is 1. The van der Waals surface area contributed by atoms with Crippen molar-refractivity contribution in [2.75, 3.05) is 5.43 Å². The topological polar surface area (TPSA) is 83.0 Å². The van der Waals surface area contributed by atoms with Crippen molar-refractivity contribution >= 4 is 12.2 Å². The predicted molar refractivity (Wildman–Crippen MR) is 79.3 cm³/mol. The van der Waals surface area contributed by atoms with Crippen molar-refractivity contribution in [3.05, 3.63) is 50.4 Å². The lowest BCUT2D eigenvalue weighted by Gasteiger charge is -2.06. The molecule has 1 aromatic heterocycles. The summed E-state index contributed by atoms with van der Waals surface area (Å²) in [4.78, 5) is 13.9. The van der Waals surface area contributed by atoms with Crippen LogP contribution >= 0.6 is 0 Å². The molecule has 0 spiro atoms. The number of rotatable bonds is 3. The van der Waals surface area contributed by atoms with E-state index in [4.69, 9.17) is 0 Å². The second-order valence-corrected chi connectivity index (χ2v) is 4.77. The number of aryl methyl sites for hydroxylation is 4. The average Bonchev–Trinajstić information content (AvgIpc) is 2.36. The summed E-state index contributed by atoms with van der Waals surface area (Å²) < 4.78 is 0. The first-order valence-corrected chi connectivity index (χ1v) is 6.28. The van der Waals surface area contributed by atoms with Crippen LogP contribution < -0.4 is 11.0 Å². The Balaban J connectivity index is 2.18. The molecule has 0 aliphatic carbocycles. The van der Waals surface area contributed by atoms with Crippen molar-refractivity contribution in [1.82, 2.24) is 15.2 Å². The summed E-state index contributed by atoms with van der Waals surface area (Å²) in [7, 11) is 0. The van der Waals surface area contributed by atoms with E-state index >= 15 is 0 Å². The molecule has 6 heteroatoms. The van der Waals surface area contributed by atoms with E-state index in [-0.39, 0.29) is 11.5 Å².